The molecule has 2 aliphatic rings. The predicted molar refractivity (Wildman–Crippen MR) is 131 cm³/mol. The van der Waals surface area contributed by atoms with Gasteiger partial charge in [0.25, 0.3) is 5.56 Å². The van der Waals surface area contributed by atoms with Crippen LogP contribution in [0.3, 0.4) is 0 Å². The zero-order valence-corrected chi connectivity index (χ0v) is 20.3. The average Bonchev–Trinajstić information content (AvgIpc) is 3.48. The summed E-state index contributed by atoms with van der Waals surface area (Å²) in [7, 11) is 0. The van der Waals surface area contributed by atoms with Crippen LogP contribution < -0.4 is 30.6 Å². The van der Waals surface area contributed by atoms with Crippen molar-refractivity contribution in [3.8, 4) is 11.5 Å². The molecule has 12 heteroatoms. The van der Waals surface area contributed by atoms with Crippen molar-refractivity contribution in [3.63, 3.8) is 0 Å². The van der Waals surface area contributed by atoms with Gasteiger partial charge < -0.3 is 25.0 Å². The minimum Gasteiger partial charge on any atom is -0.454 e. The smallest absolute Gasteiger partial charge is 0.273 e. The van der Waals surface area contributed by atoms with Crippen molar-refractivity contribution in [1.82, 2.24) is 19.9 Å². The molecular formula is C23H26N6O5S. The number of nitrogens with one attached hydrogen (secondary N) is 2. The highest BCUT2D eigenvalue weighted by Gasteiger charge is 2.28. The van der Waals surface area contributed by atoms with Gasteiger partial charge in [-0.3, -0.25) is 19.0 Å². The summed E-state index contributed by atoms with van der Waals surface area (Å²) >= 11 is 1.24. The third kappa shape index (κ3) is 4.92. The number of anilines is 2. The molecule has 2 amide bonds. The lowest BCUT2D eigenvalue weighted by Gasteiger charge is -2.32. The van der Waals surface area contributed by atoms with E-state index in [1.54, 1.807) is 18.2 Å². The highest BCUT2D eigenvalue weighted by molar-refractivity contribution is 7.22. The van der Waals surface area contributed by atoms with Crippen molar-refractivity contribution in [3.05, 3.63) is 34.9 Å². The Hall–Kier alpha value is -3.67. The van der Waals surface area contributed by atoms with Gasteiger partial charge >= 0.3 is 0 Å². The molecule has 0 radical (unpaired) electrons. The third-order valence-electron chi connectivity index (χ3n) is 5.84. The van der Waals surface area contributed by atoms with E-state index in [1.165, 1.54) is 22.2 Å². The van der Waals surface area contributed by atoms with Crippen molar-refractivity contribution in [1.29, 1.82) is 0 Å². The van der Waals surface area contributed by atoms with Crippen LogP contribution in [0.5, 0.6) is 11.5 Å². The van der Waals surface area contributed by atoms with Crippen LogP contribution >= 0.6 is 11.3 Å². The molecule has 4 heterocycles. The second-order valence-electron chi connectivity index (χ2n) is 8.89. The molecule has 2 N–H and O–H groups in total. The summed E-state index contributed by atoms with van der Waals surface area (Å²) in [5.41, 5.74) is 0.560. The molecule has 3 aromatic rings. The van der Waals surface area contributed by atoms with E-state index in [2.05, 4.69) is 20.6 Å². The molecular weight excluding hydrogens is 472 g/mol. The first-order valence-electron chi connectivity index (χ1n) is 11.5. The van der Waals surface area contributed by atoms with Gasteiger partial charge in [0.05, 0.1) is 5.92 Å². The minimum atomic E-state index is -0.369. The van der Waals surface area contributed by atoms with Crippen LogP contribution in [-0.2, 0) is 16.1 Å². The van der Waals surface area contributed by atoms with Crippen LogP contribution in [0.15, 0.2) is 29.3 Å². The summed E-state index contributed by atoms with van der Waals surface area (Å²) in [5.74, 6) is 0.728. The molecule has 11 nitrogen and oxygen atoms in total. The van der Waals surface area contributed by atoms with Crippen molar-refractivity contribution in [2.24, 2.45) is 5.92 Å². The molecule has 184 valence electrons. The zero-order chi connectivity index (χ0) is 24.5. The Kier molecular flexibility index (Phi) is 6.29. The van der Waals surface area contributed by atoms with Gasteiger partial charge in [-0.2, -0.15) is 4.98 Å². The number of nitrogens with zero attached hydrogens (tertiary/aromatic N) is 4. The number of hydrogen-bond acceptors (Lipinski definition) is 9. The van der Waals surface area contributed by atoms with Gasteiger partial charge in [-0.05, 0) is 38.8 Å². The molecule has 0 saturated carbocycles. The number of amides is 2. The molecule has 0 unspecified atom stereocenters. The van der Waals surface area contributed by atoms with Crippen LogP contribution in [0.2, 0.25) is 0 Å². The highest BCUT2D eigenvalue weighted by Crippen LogP contribution is 2.34. The first kappa shape index (κ1) is 23.1. The first-order valence-corrected chi connectivity index (χ1v) is 12.3. The number of piperidine rings is 1. The summed E-state index contributed by atoms with van der Waals surface area (Å²) in [5, 5.41) is 6.40. The molecule has 0 bridgehead atoms. The van der Waals surface area contributed by atoms with E-state index < -0.39 is 0 Å². The topological polar surface area (TPSA) is 128 Å². The number of benzene rings is 1. The molecule has 5 rings (SSSR count). The Morgan fingerprint density at radius 1 is 1.26 bits per heavy atom. The maximum Gasteiger partial charge on any atom is 0.273 e. The molecule has 1 aromatic carbocycles. The summed E-state index contributed by atoms with van der Waals surface area (Å²) in [6, 6.07) is 5.19. The zero-order valence-electron chi connectivity index (χ0n) is 19.4. The maximum absolute atomic E-state index is 13.1. The van der Waals surface area contributed by atoms with Gasteiger partial charge in [0, 0.05) is 30.9 Å². The Morgan fingerprint density at radius 2 is 2.09 bits per heavy atom. The Bertz CT molecular complexity index is 1340. The van der Waals surface area contributed by atoms with Gasteiger partial charge in [0.15, 0.2) is 22.3 Å². The van der Waals surface area contributed by atoms with Gasteiger partial charge in [0.2, 0.25) is 18.6 Å². The first-order chi connectivity index (χ1) is 16.9. The standard InChI is InChI=1S/C23H26N6O5S/c1-13(2)25-21(31)14-4-3-7-28(9-14)23-27-20-19(35-23)22(32)29(11-24-20)10-18(30)26-15-5-6-16-17(8-15)34-12-33-16/h5-6,8,11,13-14H,3-4,7,9-10,12H2,1-2H3,(H,25,31)(H,26,30)/t14-/m0/s1. The van der Waals surface area contributed by atoms with Gasteiger partial charge in [-0.25, -0.2) is 4.98 Å². The number of hydrogen-bond donors (Lipinski definition) is 2. The maximum atomic E-state index is 13.1. The van der Waals surface area contributed by atoms with Crippen LogP contribution in [0.1, 0.15) is 26.7 Å². The Morgan fingerprint density at radius 3 is 2.91 bits per heavy atom. The van der Waals surface area contributed by atoms with E-state index in [4.69, 9.17) is 9.47 Å². The molecule has 1 fully saturated rings. The minimum absolute atomic E-state index is 0.0414. The molecule has 2 aromatic heterocycles. The second-order valence-corrected chi connectivity index (χ2v) is 9.87. The summed E-state index contributed by atoms with van der Waals surface area (Å²) in [6.07, 6.45) is 3.02. The van der Waals surface area contributed by atoms with Crippen molar-refractivity contribution in [2.45, 2.75) is 39.3 Å². The fourth-order valence-corrected chi connectivity index (χ4v) is 5.18. The van der Waals surface area contributed by atoms with E-state index >= 15 is 0 Å². The number of aromatic nitrogens is 3. The van der Waals surface area contributed by atoms with Gasteiger partial charge in [-0.1, -0.05) is 11.3 Å². The molecule has 1 atom stereocenters. The van der Waals surface area contributed by atoms with Crippen LogP contribution in [0, 0.1) is 5.92 Å². The molecule has 35 heavy (non-hydrogen) atoms. The lowest BCUT2D eigenvalue weighted by atomic mass is 9.97. The van der Waals surface area contributed by atoms with Crippen LogP contribution in [0.4, 0.5) is 10.8 Å². The molecule has 0 aliphatic carbocycles. The van der Waals surface area contributed by atoms with Crippen LogP contribution in [-0.4, -0.2) is 52.3 Å². The predicted octanol–water partition coefficient (Wildman–Crippen LogP) is 1.96. The normalized spacial score (nSPS) is 17.1. The number of carbonyl (C=O) groups is 2. The van der Waals surface area contributed by atoms with E-state index in [0.29, 0.717) is 39.2 Å². The number of carbonyl (C=O) groups excluding carboxylic acids is 2. The Labute approximate surface area is 205 Å². The molecule has 1 saturated heterocycles. The van der Waals surface area contributed by atoms with E-state index in [0.717, 1.165) is 19.4 Å². The fourth-order valence-electron chi connectivity index (χ4n) is 4.18. The number of thiazole rings is 1. The van der Waals surface area contributed by atoms with Crippen molar-refractivity contribution in [2.75, 3.05) is 30.1 Å². The lowest BCUT2D eigenvalue weighted by molar-refractivity contribution is -0.125. The number of fused-ring (bicyclic) bond motifs is 2. The van der Waals surface area contributed by atoms with E-state index in [1.807, 2.05) is 18.7 Å². The summed E-state index contributed by atoms with van der Waals surface area (Å²) in [4.78, 5) is 49.0. The fraction of sp³-hybridized carbons (Fsp3) is 0.435. The largest absolute Gasteiger partial charge is 0.454 e. The quantitative estimate of drug-likeness (QED) is 0.528. The highest BCUT2D eigenvalue weighted by atomic mass is 32.1. The van der Waals surface area contributed by atoms with E-state index in [9.17, 15) is 14.4 Å². The second kappa shape index (κ2) is 9.53. The monoisotopic (exact) mass is 498 g/mol. The average molecular weight is 499 g/mol. The van der Waals surface area contributed by atoms with Gasteiger partial charge in [-0.15, -0.1) is 0 Å². The van der Waals surface area contributed by atoms with E-state index in [-0.39, 0.29) is 42.7 Å². The van der Waals surface area contributed by atoms with Crippen molar-refractivity contribution >= 4 is 44.3 Å². The summed E-state index contributed by atoms with van der Waals surface area (Å²) in [6.45, 7) is 5.15. The Balaban J connectivity index is 1.29. The number of rotatable bonds is 6. The van der Waals surface area contributed by atoms with Gasteiger partial charge in [0.1, 0.15) is 17.6 Å². The summed E-state index contributed by atoms with van der Waals surface area (Å²) < 4.78 is 12.2. The molecule has 2 aliphatic heterocycles. The third-order valence-corrected chi connectivity index (χ3v) is 6.93. The molecule has 0 spiro atoms. The van der Waals surface area contributed by atoms with Crippen molar-refractivity contribution < 1.29 is 19.1 Å². The number of ether oxygens (including phenoxy) is 2. The lowest BCUT2D eigenvalue weighted by Crippen LogP contribution is -2.44. The SMILES string of the molecule is CC(C)NC(=O)[C@H]1CCCN(c2nc3ncn(CC(=O)Nc4ccc5c(c4)OCO5)c(=O)c3s2)C1. The van der Waals surface area contributed by atoms with Crippen LogP contribution in [0.25, 0.3) is 10.3 Å².